The van der Waals surface area contributed by atoms with Gasteiger partial charge in [0.15, 0.2) is 5.13 Å². The van der Waals surface area contributed by atoms with Crippen LogP contribution in [-0.4, -0.2) is 16.0 Å². The van der Waals surface area contributed by atoms with Gasteiger partial charge in [0.05, 0.1) is 11.3 Å². The van der Waals surface area contributed by atoms with E-state index in [-0.39, 0.29) is 17.2 Å². The van der Waals surface area contributed by atoms with Crippen LogP contribution >= 0.6 is 11.3 Å². The number of hydrogen-bond donors (Lipinski definition) is 2. The molecular formula is C14H16N2O2S. The van der Waals surface area contributed by atoms with Crippen LogP contribution in [0.4, 0.5) is 5.13 Å². The normalized spacial score (nSPS) is 10.7. The van der Waals surface area contributed by atoms with Crippen LogP contribution < -0.4 is 5.32 Å². The van der Waals surface area contributed by atoms with Crippen molar-refractivity contribution < 1.29 is 9.90 Å². The van der Waals surface area contributed by atoms with Crippen molar-refractivity contribution in [3.63, 3.8) is 0 Å². The van der Waals surface area contributed by atoms with Gasteiger partial charge in [-0.25, -0.2) is 4.98 Å². The Hall–Kier alpha value is -1.88. The first kappa shape index (κ1) is 13.5. The van der Waals surface area contributed by atoms with E-state index in [0.29, 0.717) is 11.0 Å². The Balaban J connectivity index is 2.20. The molecule has 0 unspecified atom stereocenters. The third kappa shape index (κ3) is 2.93. The zero-order valence-corrected chi connectivity index (χ0v) is 11.9. The molecule has 0 saturated carbocycles. The third-order valence-corrected chi connectivity index (χ3v) is 4.10. The lowest BCUT2D eigenvalue weighted by atomic mass is 10.1. The molecule has 0 radical (unpaired) electrons. The minimum atomic E-state index is -0.345. The van der Waals surface area contributed by atoms with E-state index < -0.39 is 0 Å². The number of nitrogens with one attached hydrogen (secondary N) is 1. The number of hydrogen-bond acceptors (Lipinski definition) is 4. The Kier molecular flexibility index (Phi) is 3.85. The lowest BCUT2D eigenvalue weighted by molar-refractivity contribution is 0.102. The smallest absolute Gasteiger partial charge is 0.261 e. The molecule has 0 aliphatic heterocycles. The lowest BCUT2D eigenvalue weighted by Gasteiger charge is -2.03. The molecule has 2 aromatic rings. The van der Waals surface area contributed by atoms with Gasteiger partial charge in [-0.15, -0.1) is 11.3 Å². The van der Waals surface area contributed by atoms with Crippen molar-refractivity contribution >= 4 is 22.4 Å². The summed E-state index contributed by atoms with van der Waals surface area (Å²) < 4.78 is 0. The number of phenolic OH excluding ortho intramolecular Hbond substituents is 1. The number of aromatic hydroxyl groups is 1. The Bertz CT molecular complexity index is 605. The number of thiazole rings is 1. The number of carbonyl (C=O) groups excluding carboxylic acids is 1. The average Bonchev–Trinajstić information content (AvgIpc) is 2.70. The molecule has 0 atom stereocenters. The van der Waals surface area contributed by atoms with E-state index >= 15 is 0 Å². The molecule has 1 amide bonds. The SMILES string of the molecule is Cc1nc(NC(=O)c2ccccc2O)sc1C(C)C. The zero-order valence-electron chi connectivity index (χ0n) is 11.1. The molecule has 0 saturated heterocycles. The highest BCUT2D eigenvalue weighted by Crippen LogP contribution is 2.29. The van der Waals surface area contributed by atoms with Crippen LogP contribution in [0.1, 0.15) is 40.7 Å². The Morgan fingerprint density at radius 1 is 1.37 bits per heavy atom. The van der Waals surface area contributed by atoms with Gasteiger partial charge in [0.1, 0.15) is 5.75 Å². The summed E-state index contributed by atoms with van der Waals surface area (Å²) in [4.78, 5) is 17.5. The van der Waals surface area contributed by atoms with Crippen molar-refractivity contribution in [3.8, 4) is 5.75 Å². The van der Waals surface area contributed by atoms with E-state index in [0.717, 1.165) is 10.6 Å². The standard InChI is InChI=1S/C14H16N2O2S/c1-8(2)12-9(3)15-14(19-12)16-13(18)10-6-4-5-7-11(10)17/h4-8,17H,1-3H3,(H,15,16,18). The van der Waals surface area contributed by atoms with Gasteiger partial charge in [0.2, 0.25) is 0 Å². The Morgan fingerprint density at radius 2 is 2.05 bits per heavy atom. The fourth-order valence-corrected chi connectivity index (χ4v) is 2.79. The fourth-order valence-electron chi connectivity index (χ4n) is 1.83. The van der Waals surface area contributed by atoms with Gasteiger partial charge >= 0.3 is 0 Å². The van der Waals surface area contributed by atoms with Gasteiger partial charge in [-0.3, -0.25) is 10.1 Å². The maximum absolute atomic E-state index is 12.0. The summed E-state index contributed by atoms with van der Waals surface area (Å²) in [6.07, 6.45) is 0. The second-order valence-corrected chi connectivity index (χ2v) is 5.63. The predicted molar refractivity (Wildman–Crippen MR) is 77.0 cm³/mol. The van der Waals surface area contributed by atoms with Gasteiger partial charge in [-0.05, 0) is 25.0 Å². The molecule has 4 nitrogen and oxygen atoms in total. The molecule has 1 aromatic carbocycles. The number of carbonyl (C=O) groups is 1. The number of nitrogens with zero attached hydrogens (tertiary/aromatic N) is 1. The van der Waals surface area contributed by atoms with Crippen LogP contribution in [0.3, 0.4) is 0 Å². The average molecular weight is 276 g/mol. The van der Waals surface area contributed by atoms with E-state index in [2.05, 4.69) is 24.1 Å². The predicted octanol–water partition coefficient (Wildman–Crippen LogP) is 3.53. The van der Waals surface area contributed by atoms with Crippen LogP contribution in [0.5, 0.6) is 5.75 Å². The van der Waals surface area contributed by atoms with E-state index in [4.69, 9.17) is 0 Å². The number of anilines is 1. The first-order valence-corrected chi connectivity index (χ1v) is 6.87. The molecule has 0 aliphatic rings. The molecule has 1 heterocycles. The maximum atomic E-state index is 12.0. The van der Waals surface area contributed by atoms with E-state index in [1.165, 1.54) is 17.4 Å². The quantitative estimate of drug-likeness (QED) is 0.901. The minimum Gasteiger partial charge on any atom is -0.507 e. The number of aromatic nitrogens is 1. The van der Waals surface area contributed by atoms with Gasteiger partial charge in [-0.2, -0.15) is 0 Å². The Morgan fingerprint density at radius 3 is 2.63 bits per heavy atom. The molecule has 0 fully saturated rings. The lowest BCUT2D eigenvalue weighted by Crippen LogP contribution is -2.11. The molecule has 0 bridgehead atoms. The topological polar surface area (TPSA) is 62.2 Å². The maximum Gasteiger partial charge on any atom is 0.261 e. The van der Waals surface area contributed by atoms with Crippen LogP contribution in [0.25, 0.3) is 0 Å². The molecule has 100 valence electrons. The summed E-state index contributed by atoms with van der Waals surface area (Å²) in [6.45, 7) is 6.12. The van der Waals surface area contributed by atoms with Gasteiger partial charge in [-0.1, -0.05) is 26.0 Å². The van der Waals surface area contributed by atoms with E-state index in [1.54, 1.807) is 18.2 Å². The minimum absolute atomic E-state index is 0.0302. The van der Waals surface area contributed by atoms with Gasteiger partial charge in [0, 0.05) is 4.88 Å². The number of phenols is 1. The summed E-state index contributed by atoms with van der Waals surface area (Å²) in [5.74, 6) is 0.00722. The highest BCUT2D eigenvalue weighted by molar-refractivity contribution is 7.16. The first-order chi connectivity index (χ1) is 8.99. The molecule has 19 heavy (non-hydrogen) atoms. The number of benzene rings is 1. The summed E-state index contributed by atoms with van der Waals surface area (Å²) in [5, 5.41) is 12.9. The zero-order chi connectivity index (χ0) is 14.0. The molecule has 2 N–H and O–H groups in total. The van der Waals surface area contributed by atoms with E-state index in [9.17, 15) is 9.90 Å². The summed E-state index contributed by atoms with van der Waals surface area (Å²) in [7, 11) is 0. The number of rotatable bonds is 3. The highest BCUT2D eigenvalue weighted by Gasteiger charge is 2.15. The molecular weight excluding hydrogens is 260 g/mol. The second-order valence-electron chi connectivity index (χ2n) is 4.59. The van der Waals surface area contributed by atoms with Gasteiger partial charge < -0.3 is 5.11 Å². The Labute approximate surface area is 116 Å². The largest absolute Gasteiger partial charge is 0.507 e. The molecule has 1 aromatic heterocycles. The highest BCUT2D eigenvalue weighted by atomic mass is 32.1. The van der Waals surface area contributed by atoms with Crippen molar-refractivity contribution in [2.24, 2.45) is 0 Å². The van der Waals surface area contributed by atoms with Gasteiger partial charge in [0.25, 0.3) is 5.91 Å². The van der Waals surface area contributed by atoms with Crippen molar-refractivity contribution in [1.82, 2.24) is 4.98 Å². The van der Waals surface area contributed by atoms with Crippen LogP contribution in [0, 0.1) is 6.92 Å². The van der Waals surface area contributed by atoms with Crippen LogP contribution in [0.15, 0.2) is 24.3 Å². The molecule has 0 spiro atoms. The summed E-state index contributed by atoms with van der Waals surface area (Å²) in [5.41, 5.74) is 1.19. The number of para-hydroxylation sites is 1. The van der Waals surface area contributed by atoms with Crippen molar-refractivity contribution in [3.05, 3.63) is 40.4 Å². The molecule has 5 heteroatoms. The molecule has 2 rings (SSSR count). The van der Waals surface area contributed by atoms with Crippen molar-refractivity contribution in [2.75, 3.05) is 5.32 Å². The molecule has 0 aliphatic carbocycles. The summed E-state index contributed by atoms with van der Waals surface area (Å²) in [6, 6.07) is 6.45. The number of amides is 1. The second kappa shape index (κ2) is 5.40. The first-order valence-electron chi connectivity index (χ1n) is 6.05. The van der Waals surface area contributed by atoms with E-state index in [1.807, 2.05) is 6.92 Å². The monoisotopic (exact) mass is 276 g/mol. The third-order valence-electron chi connectivity index (χ3n) is 2.73. The summed E-state index contributed by atoms with van der Waals surface area (Å²) >= 11 is 1.47. The van der Waals surface area contributed by atoms with Crippen LogP contribution in [0.2, 0.25) is 0 Å². The van der Waals surface area contributed by atoms with Crippen LogP contribution in [-0.2, 0) is 0 Å². The van der Waals surface area contributed by atoms with Crippen molar-refractivity contribution in [2.45, 2.75) is 26.7 Å². The fraction of sp³-hybridized carbons (Fsp3) is 0.286. The van der Waals surface area contributed by atoms with Crippen molar-refractivity contribution in [1.29, 1.82) is 0 Å². The number of aryl methyl sites for hydroxylation is 1.